The zero-order valence-electron chi connectivity index (χ0n) is 13.8. The predicted molar refractivity (Wildman–Crippen MR) is 81.2 cm³/mol. The van der Waals surface area contributed by atoms with Gasteiger partial charge >= 0.3 is 0 Å². The summed E-state index contributed by atoms with van der Waals surface area (Å²) in [6.07, 6.45) is 0.235. The minimum atomic E-state index is 0.235. The first kappa shape index (κ1) is 19.8. The molecule has 5 heteroatoms. The summed E-state index contributed by atoms with van der Waals surface area (Å²) in [6.45, 7) is 13.2. The molecule has 1 atom stereocenters. The largest absolute Gasteiger partial charge is 0.382 e. The van der Waals surface area contributed by atoms with Gasteiger partial charge in [0.25, 0.3) is 0 Å². The number of methoxy groups -OCH3 is 1. The van der Waals surface area contributed by atoms with Crippen LogP contribution in [0.15, 0.2) is 0 Å². The molecule has 0 bridgehead atoms. The molecule has 20 heavy (non-hydrogen) atoms. The van der Waals surface area contributed by atoms with E-state index in [1.54, 1.807) is 7.11 Å². The van der Waals surface area contributed by atoms with E-state index in [0.717, 1.165) is 6.54 Å². The van der Waals surface area contributed by atoms with Crippen LogP contribution in [0.1, 0.15) is 27.7 Å². The third-order valence-electron chi connectivity index (χ3n) is 2.83. The molecule has 0 aliphatic heterocycles. The number of ether oxygens (including phenoxy) is 4. The van der Waals surface area contributed by atoms with Gasteiger partial charge in [-0.15, -0.1) is 0 Å². The van der Waals surface area contributed by atoms with Gasteiger partial charge in [-0.05, 0) is 5.92 Å². The molecule has 122 valence electrons. The predicted octanol–water partition coefficient (Wildman–Crippen LogP) is 1.71. The smallest absolute Gasteiger partial charge is 0.0723 e. The molecule has 5 nitrogen and oxygen atoms in total. The minimum Gasteiger partial charge on any atom is -0.382 e. The van der Waals surface area contributed by atoms with Crippen molar-refractivity contribution in [2.24, 2.45) is 5.92 Å². The fraction of sp³-hybridized carbons (Fsp3) is 1.00. The molecule has 0 aliphatic rings. The first-order valence-corrected chi connectivity index (χ1v) is 7.57. The van der Waals surface area contributed by atoms with Crippen molar-refractivity contribution < 1.29 is 18.9 Å². The average Bonchev–Trinajstić information content (AvgIpc) is 2.39. The standard InChI is InChI=1S/C15H33NO4/c1-13(2)15(12-16-14(3)4)20-11-10-19-9-8-18-7-6-17-5/h13-16H,6-12H2,1-5H3. The summed E-state index contributed by atoms with van der Waals surface area (Å²) in [5.41, 5.74) is 0. The van der Waals surface area contributed by atoms with Gasteiger partial charge in [0.2, 0.25) is 0 Å². The summed E-state index contributed by atoms with van der Waals surface area (Å²) < 4.78 is 21.5. The highest BCUT2D eigenvalue weighted by molar-refractivity contribution is 4.67. The lowest BCUT2D eigenvalue weighted by Crippen LogP contribution is -2.37. The van der Waals surface area contributed by atoms with Crippen molar-refractivity contribution >= 4 is 0 Å². The topological polar surface area (TPSA) is 49.0 Å². The maximum atomic E-state index is 5.85. The van der Waals surface area contributed by atoms with Gasteiger partial charge in [0, 0.05) is 19.7 Å². The van der Waals surface area contributed by atoms with Gasteiger partial charge in [0.1, 0.15) is 0 Å². The Morgan fingerprint density at radius 2 is 1.35 bits per heavy atom. The van der Waals surface area contributed by atoms with E-state index in [1.807, 2.05) is 0 Å². The Balaban J connectivity index is 3.44. The Morgan fingerprint density at radius 3 is 1.85 bits per heavy atom. The summed E-state index contributed by atoms with van der Waals surface area (Å²) >= 11 is 0. The van der Waals surface area contributed by atoms with Gasteiger partial charge in [-0.25, -0.2) is 0 Å². The van der Waals surface area contributed by atoms with Crippen molar-refractivity contribution in [3.63, 3.8) is 0 Å². The van der Waals surface area contributed by atoms with E-state index in [4.69, 9.17) is 18.9 Å². The highest BCUT2D eigenvalue weighted by Crippen LogP contribution is 2.05. The van der Waals surface area contributed by atoms with Crippen LogP contribution in [-0.4, -0.2) is 65.4 Å². The summed E-state index contributed by atoms with van der Waals surface area (Å²) in [6, 6.07) is 0.486. The Morgan fingerprint density at radius 1 is 0.800 bits per heavy atom. The summed E-state index contributed by atoms with van der Waals surface area (Å²) in [7, 11) is 1.66. The molecule has 1 N–H and O–H groups in total. The third-order valence-corrected chi connectivity index (χ3v) is 2.83. The lowest BCUT2D eigenvalue weighted by molar-refractivity contribution is -0.0284. The van der Waals surface area contributed by atoms with E-state index >= 15 is 0 Å². The van der Waals surface area contributed by atoms with Crippen LogP contribution in [0, 0.1) is 5.92 Å². The number of hydrogen-bond acceptors (Lipinski definition) is 5. The quantitative estimate of drug-likeness (QED) is 0.494. The number of hydrogen-bond donors (Lipinski definition) is 1. The monoisotopic (exact) mass is 291 g/mol. The van der Waals surface area contributed by atoms with Crippen molar-refractivity contribution in [2.75, 3.05) is 53.3 Å². The highest BCUT2D eigenvalue weighted by atomic mass is 16.6. The SMILES string of the molecule is COCCOCCOCCOC(CNC(C)C)C(C)C. The minimum absolute atomic E-state index is 0.235. The molecule has 0 amide bonds. The van der Waals surface area contributed by atoms with Crippen molar-refractivity contribution in [3.8, 4) is 0 Å². The Labute approximate surface area is 124 Å². The molecule has 0 aromatic heterocycles. The normalized spacial score (nSPS) is 13.3. The average molecular weight is 291 g/mol. The third kappa shape index (κ3) is 12.8. The van der Waals surface area contributed by atoms with Crippen LogP contribution in [0.25, 0.3) is 0 Å². The molecule has 0 aliphatic carbocycles. The molecule has 1 unspecified atom stereocenters. The Kier molecular flexibility index (Phi) is 13.6. The number of nitrogens with one attached hydrogen (secondary N) is 1. The molecule has 0 spiro atoms. The van der Waals surface area contributed by atoms with Crippen molar-refractivity contribution in [1.29, 1.82) is 0 Å². The molecule has 0 saturated heterocycles. The zero-order chi connectivity index (χ0) is 15.2. The first-order valence-electron chi connectivity index (χ1n) is 7.57. The Hall–Kier alpha value is -0.200. The maximum Gasteiger partial charge on any atom is 0.0723 e. The number of rotatable bonds is 14. The fourth-order valence-corrected chi connectivity index (χ4v) is 1.56. The molecule has 0 heterocycles. The van der Waals surface area contributed by atoms with E-state index in [1.165, 1.54) is 0 Å². The molecule has 0 aromatic rings. The lowest BCUT2D eigenvalue weighted by Gasteiger charge is -2.23. The van der Waals surface area contributed by atoms with E-state index in [0.29, 0.717) is 51.6 Å². The van der Waals surface area contributed by atoms with Crippen LogP contribution in [0.3, 0.4) is 0 Å². The zero-order valence-corrected chi connectivity index (χ0v) is 13.8. The molecular formula is C15H33NO4. The van der Waals surface area contributed by atoms with Crippen LogP contribution in [0.2, 0.25) is 0 Å². The van der Waals surface area contributed by atoms with Gasteiger partial charge < -0.3 is 24.3 Å². The molecule has 0 saturated carbocycles. The summed E-state index contributed by atoms with van der Waals surface area (Å²) in [5, 5.41) is 3.41. The van der Waals surface area contributed by atoms with Gasteiger partial charge in [-0.2, -0.15) is 0 Å². The second-order valence-corrected chi connectivity index (χ2v) is 5.43. The van der Waals surface area contributed by atoms with Crippen molar-refractivity contribution in [3.05, 3.63) is 0 Å². The second-order valence-electron chi connectivity index (χ2n) is 5.43. The van der Waals surface area contributed by atoms with Crippen LogP contribution in [0.5, 0.6) is 0 Å². The molecule has 0 aromatic carbocycles. The molecular weight excluding hydrogens is 258 g/mol. The van der Waals surface area contributed by atoms with E-state index in [9.17, 15) is 0 Å². The highest BCUT2D eigenvalue weighted by Gasteiger charge is 2.13. The lowest BCUT2D eigenvalue weighted by atomic mass is 10.1. The fourth-order valence-electron chi connectivity index (χ4n) is 1.56. The first-order chi connectivity index (χ1) is 9.57. The van der Waals surface area contributed by atoms with Gasteiger partial charge in [0.05, 0.1) is 45.7 Å². The molecule has 0 fully saturated rings. The summed E-state index contributed by atoms with van der Waals surface area (Å²) in [4.78, 5) is 0. The van der Waals surface area contributed by atoms with Gasteiger partial charge in [0.15, 0.2) is 0 Å². The van der Waals surface area contributed by atoms with E-state index in [-0.39, 0.29) is 6.10 Å². The van der Waals surface area contributed by atoms with Gasteiger partial charge in [-0.3, -0.25) is 0 Å². The molecule has 0 rings (SSSR count). The van der Waals surface area contributed by atoms with E-state index in [2.05, 4.69) is 33.0 Å². The van der Waals surface area contributed by atoms with Crippen LogP contribution < -0.4 is 5.32 Å². The Bertz CT molecular complexity index is 200. The van der Waals surface area contributed by atoms with Crippen molar-refractivity contribution in [2.45, 2.75) is 39.8 Å². The van der Waals surface area contributed by atoms with Crippen molar-refractivity contribution in [1.82, 2.24) is 5.32 Å². The maximum absolute atomic E-state index is 5.85. The van der Waals surface area contributed by atoms with Crippen LogP contribution in [-0.2, 0) is 18.9 Å². The van der Waals surface area contributed by atoms with Gasteiger partial charge in [-0.1, -0.05) is 27.7 Å². The molecule has 0 radical (unpaired) electrons. The summed E-state index contributed by atoms with van der Waals surface area (Å²) in [5.74, 6) is 0.499. The second kappa shape index (κ2) is 13.8. The van der Waals surface area contributed by atoms with E-state index < -0.39 is 0 Å². The van der Waals surface area contributed by atoms with Crippen LogP contribution in [0.4, 0.5) is 0 Å². The van der Waals surface area contributed by atoms with Crippen LogP contribution >= 0.6 is 0 Å².